The van der Waals surface area contributed by atoms with Gasteiger partial charge in [-0.05, 0) is 70.9 Å². The highest BCUT2D eigenvalue weighted by molar-refractivity contribution is 7.84. The van der Waals surface area contributed by atoms with Crippen LogP contribution >= 0.6 is 0 Å². The average molecular weight is 668 g/mol. The van der Waals surface area contributed by atoms with E-state index in [2.05, 4.69) is 14.7 Å². The number of aliphatic hydroxyl groups is 1. The molecule has 0 radical (unpaired) electrons. The Kier molecular flexibility index (Phi) is 10.1. The summed E-state index contributed by atoms with van der Waals surface area (Å²) in [5, 5.41) is 11.4. The van der Waals surface area contributed by atoms with Gasteiger partial charge in [0.25, 0.3) is 0 Å². The zero-order valence-electron chi connectivity index (χ0n) is 26.4. The van der Waals surface area contributed by atoms with Gasteiger partial charge in [-0.15, -0.1) is 0 Å². The Balaban J connectivity index is 1.78. The Hall–Kier alpha value is -3.62. The summed E-state index contributed by atoms with van der Waals surface area (Å²) in [5.41, 5.74) is -5.53. The number of hydrogen-bond donors (Lipinski definition) is 2. The van der Waals surface area contributed by atoms with Crippen LogP contribution < -0.4 is 18.9 Å². The number of methoxy groups -OCH3 is 1. The summed E-state index contributed by atoms with van der Waals surface area (Å²) in [5.74, 6) is -0.807. The third-order valence-corrected chi connectivity index (χ3v) is 9.22. The van der Waals surface area contributed by atoms with Crippen molar-refractivity contribution in [2.24, 2.45) is 0 Å². The second-order valence-corrected chi connectivity index (χ2v) is 14.2. The second-order valence-electron chi connectivity index (χ2n) is 12.2. The lowest BCUT2D eigenvalue weighted by atomic mass is 9.86. The lowest BCUT2D eigenvalue weighted by molar-refractivity contribution is -0.270. The maximum atomic E-state index is 14.8. The fourth-order valence-electron chi connectivity index (χ4n) is 4.74. The van der Waals surface area contributed by atoms with E-state index in [9.17, 15) is 31.7 Å². The normalized spacial score (nSPS) is 18.3. The molecule has 46 heavy (non-hydrogen) atoms. The van der Waals surface area contributed by atoms with E-state index in [-0.39, 0.29) is 46.4 Å². The molecule has 1 aromatic carbocycles. The van der Waals surface area contributed by atoms with Gasteiger partial charge in [0.15, 0.2) is 23.0 Å². The first kappa shape index (κ1) is 35.2. The van der Waals surface area contributed by atoms with E-state index in [0.29, 0.717) is 13.0 Å². The van der Waals surface area contributed by atoms with Crippen molar-refractivity contribution in [3.05, 3.63) is 65.4 Å². The molecule has 0 bridgehead atoms. The number of halogens is 4. The molecule has 14 heteroatoms. The number of carbonyl (C=O) groups excluding carboxylic acids is 1. The number of aromatic nitrogens is 2. The van der Waals surface area contributed by atoms with Gasteiger partial charge in [-0.25, -0.2) is 23.3 Å². The van der Waals surface area contributed by atoms with Crippen molar-refractivity contribution >= 4 is 16.8 Å². The molecule has 1 aliphatic heterocycles. The van der Waals surface area contributed by atoms with Gasteiger partial charge in [-0.3, -0.25) is 4.79 Å². The van der Waals surface area contributed by atoms with Crippen molar-refractivity contribution in [3.63, 3.8) is 0 Å². The first-order chi connectivity index (χ1) is 21.4. The van der Waals surface area contributed by atoms with Crippen molar-refractivity contribution < 1.29 is 45.9 Å². The fourth-order valence-corrected chi connectivity index (χ4v) is 5.62. The van der Waals surface area contributed by atoms with Gasteiger partial charge in [0, 0.05) is 23.6 Å². The summed E-state index contributed by atoms with van der Waals surface area (Å²) in [6.07, 6.45) is -5.18. The van der Waals surface area contributed by atoms with Crippen LogP contribution in [-0.4, -0.2) is 56.3 Å². The van der Waals surface area contributed by atoms with Gasteiger partial charge < -0.3 is 19.3 Å². The Labute approximate surface area is 267 Å². The van der Waals surface area contributed by atoms with Gasteiger partial charge >= 0.3 is 6.18 Å². The Morgan fingerprint density at radius 3 is 2.41 bits per heavy atom. The highest BCUT2D eigenvalue weighted by Crippen LogP contribution is 2.49. The summed E-state index contributed by atoms with van der Waals surface area (Å²) in [6, 6.07) is 7.21. The highest BCUT2D eigenvalue weighted by atomic mass is 32.2. The highest BCUT2D eigenvalue weighted by Gasteiger charge is 2.57. The number of fused-ring (bicyclic) bond motifs is 1. The Morgan fingerprint density at radius 2 is 1.83 bits per heavy atom. The lowest BCUT2D eigenvalue weighted by Crippen LogP contribution is -2.47. The predicted molar refractivity (Wildman–Crippen MR) is 164 cm³/mol. The number of pyridine rings is 2. The minimum absolute atomic E-state index is 0.0809. The predicted octanol–water partition coefficient (Wildman–Crippen LogP) is 6.15. The van der Waals surface area contributed by atoms with Gasteiger partial charge in [-0.2, -0.15) is 13.2 Å². The van der Waals surface area contributed by atoms with Gasteiger partial charge in [0.05, 0.1) is 46.9 Å². The summed E-state index contributed by atoms with van der Waals surface area (Å²) < 4.78 is 90.3. The minimum atomic E-state index is -5.28. The SMILES string of the molecule is CCCOc1cnc(C(=O)CC[C@@](O)(c2cc3c(c(-c4ccc(F)cc4)n2)OC[C@@]3(C)NS(=O)C(C)(C)C)C(F)(F)F)cc1OC. The monoisotopic (exact) mass is 667 g/mol. The molecule has 1 unspecified atom stereocenters. The van der Waals surface area contributed by atoms with Crippen LogP contribution in [0.2, 0.25) is 0 Å². The molecule has 0 saturated heterocycles. The number of alkyl halides is 3. The standard InChI is InChI=1S/C32H37F4N3O6S/c1-7-14-44-25-17-37-22(16-24(25)43-6)23(40)12-13-31(41,32(34,35)36)26-15-21-28(27(38-26)19-8-10-20(33)11-9-19)45-18-30(21,5)39-46(42)29(2,3)4/h8-11,15-17,39,41H,7,12-14,18H2,1-6H3/t30-,31-,46?/m1/s1. The van der Waals surface area contributed by atoms with Gasteiger partial charge in [0.2, 0.25) is 5.60 Å². The maximum Gasteiger partial charge on any atom is 0.422 e. The molecule has 2 aromatic heterocycles. The lowest BCUT2D eigenvalue weighted by Gasteiger charge is -2.32. The second kappa shape index (κ2) is 13.2. The third-order valence-electron chi connectivity index (χ3n) is 7.47. The maximum absolute atomic E-state index is 14.8. The molecule has 2 N–H and O–H groups in total. The van der Waals surface area contributed by atoms with Crippen molar-refractivity contribution in [2.45, 2.75) is 75.9 Å². The van der Waals surface area contributed by atoms with E-state index in [1.807, 2.05) is 6.92 Å². The molecule has 3 atom stereocenters. The number of ether oxygens (including phenoxy) is 3. The summed E-state index contributed by atoms with van der Waals surface area (Å²) in [7, 11) is -0.312. The zero-order valence-corrected chi connectivity index (χ0v) is 27.2. The number of Topliss-reactive ketones (excluding diaryl/α,β-unsaturated/α-hetero) is 1. The number of rotatable bonds is 12. The average Bonchev–Trinajstić information content (AvgIpc) is 3.33. The molecule has 9 nitrogen and oxygen atoms in total. The van der Waals surface area contributed by atoms with Crippen LogP contribution in [0.15, 0.2) is 42.6 Å². The summed E-state index contributed by atoms with van der Waals surface area (Å²) in [6.45, 7) is 8.95. The van der Waals surface area contributed by atoms with E-state index >= 15 is 0 Å². The smallest absolute Gasteiger partial charge is 0.422 e. The number of nitrogens with zero attached hydrogens (tertiary/aromatic N) is 2. The van der Waals surface area contributed by atoms with Crippen LogP contribution in [-0.2, 0) is 22.1 Å². The summed E-state index contributed by atoms with van der Waals surface area (Å²) in [4.78, 5) is 21.4. The molecule has 0 fully saturated rings. The molecule has 3 heterocycles. The number of ketones is 1. The molecule has 0 spiro atoms. The van der Waals surface area contributed by atoms with Gasteiger partial charge in [-0.1, -0.05) is 6.92 Å². The van der Waals surface area contributed by atoms with E-state index in [0.717, 1.165) is 18.2 Å². The topological polar surface area (TPSA) is 120 Å². The Bertz CT molecular complexity index is 1610. The first-order valence-corrected chi connectivity index (χ1v) is 15.7. The third kappa shape index (κ3) is 7.18. The number of nitrogens with one attached hydrogen (secondary N) is 1. The van der Waals surface area contributed by atoms with Crippen molar-refractivity contribution in [1.29, 1.82) is 0 Å². The van der Waals surface area contributed by atoms with Crippen LogP contribution in [0.5, 0.6) is 17.2 Å². The largest absolute Gasteiger partial charge is 0.493 e. The number of benzene rings is 1. The van der Waals surface area contributed by atoms with Crippen LogP contribution in [0.1, 0.15) is 75.6 Å². The molecule has 1 aliphatic rings. The van der Waals surface area contributed by atoms with Crippen molar-refractivity contribution in [2.75, 3.05) is 20.3 Å². The Morgan fingerprint density at radius 1 is 1.15 bits per heavy atom. The molecule has 0 aliphatic carbocycles. The first-order valence-electron chi connectivity index (χ1n) is 14.6. The van der Waals surface area contributed by atoms with E-state index < -0.39 is 63.2 Å². The summed E-state index contributed by atoms with van der Waals surface area (Å²) >= 11 is 0. The number of hydrogen-bond acceptors (Lipinski definition) is 8. The van der Waals surface area contributed by atoms with Crippen LogP contribution in [0, 0.1) is 5.82 Å². The van der Waals surface area contributed by atoms with Crippen LogP contribution in [0.4, 0.5) is 17.6 Å². The molecule has 0 saturated carbocycles. The van der Waals surface area contributed by atoms with Gasteiger partial charge in [0.1, 0.15) is 23.8 Å². The molecule has 0 amide bonds. The van der Waals surface area contributed by atoms with Crippen molar-refractivity contribution in [1.82, 2.24) is 14.7 Å². The van der Waals surface area contributed by atoms with Crippen molar-refractivity contribution in [3.8, 4) is 28.5 Å². The molecule has 4 rings (SSSR count). The molecule has 3 aromatic rings. The molecular formula is C32H37F4N3O6S. The van der Waals surface area contributed by atoms with E-state index in [4.69, 9.17) is 14.2 Å². The fraction of sp³-hybridized carbons (Fsp3) is 0.469. The van der Waals surface area contributed by atoms with Crippen LogP contribution in [0.3, 0.4) is 0 Å². The van der Waals surface area contributed by atoms with Crippen LogP contribution in [0.25, 0.3) is 11.3 Å². The van der Waals surface area contributed by atoms with E-state index in [1.165, 1.54) is 31.5 Å². The van der Waals surface area contributed by atoms with E-state index in [1.54, 1.807) is 27.7 Å². The minimum Gasteiger partial charge on any atom is -0.493 e. The zero-order chi connectivity index (χ0) is 34.1. The number of carbonyl (C=O) groups is 1. The quantitative estimate of drug-likeness (QED) is 0.174. The molecular weight excluding hydrogens is 630 g/mol. The molecule has 250 valence electrons.